The van der Waals surface area contributed by atoms with Crippen LogP contribution in [0, 0.1) is 0 Å². The van der Waals surface area contributed by atoms with Gasteiger partial charge in [0.2, 0.25) is 5.76 Å². The second kappa shape index (κ2) is 7.82. The summed E-state index contributed by atoms with van der Waals surface area (Å²) in [5, 5.41) is 0.582. The smallest absolute Gasteiger partial charge is 0.379 e. The molecule has 2 aromatic rings. The molecule has 27 heavy (non-hydrogen) atoms. The Labute approximate surface area is 161 Å². The summed E-state index contributed by atoms with van der Waals surface area (Å²) in [7, 11) is 0. The first-order valence-electron chi connectivity index (χ1n) is 8.86. The number of carbonyl (C=O) groups is 1. The van der Waals surface area contributed by atoms with Crippen molar-refractivity contribution >= 4 is 29.5 Å². The lowest BCUT2D eigenvalue weighted by Crippen LogP contribution is -2.42. The molecule has 4 rings (SSSR count). The highest BCUT2D eigenvalue weighted by Gasteiger charge is 2.29. The molecule has 1 atom stereocenters. The third kappa shape index (κ3) is 3.64. The summed E-state index contributed by atoms with van der Waals surface area (Å²) in [4.78, 5) is 19.0. The first-order valence-corrected chi connectivity index (χ1v) is 9.24. The fourth-order valence-corrected chi connectivity index (χ4v) is 3.63. The highest BCUT2D eigenvalue weighted by molar-refractivity contribution is 6.32. The van der Waals surface area contributed by atoms with E-state index in [1.165, 1.54) is 6.26 Å². The minimum atomic E-state index is -0.597. The van der Waals surface area contributed by atoms with Crippen LogP contribution in [0.5, 0.6) is 5.75 Å². The van der Waals surface area contributed by atoms with Gasteiger partial charge in [-0.25, -0.2) is 4.79 Å². The number of morpholine rings is 1. The van der Waals surface area contributed by atoms with Gasteiger partial charge in [-0.1, -0.05) is 11.6 Å². The molecular weight excluding hydrogens is 370 g/mol. The van der Waals surface area contributed by atoms with E-state index in [1.54, 1.807) is 24.4 Å². The van der Waals surface area contributed by atoms with Gasteiger partial charge in [-0.15, -0.1) is 0 Å². The average Bonchev–Trinajstić information content (AvgIpc) is 3.25. The Hall–Kier alpha value is -2.19. The van der Waals surface area contributed by atoms with Gasteiger partial charge in [-0.3, -0.25) is 9.89 Å². The summed E-state index contributed by atoms with van der Waals surface area (Å²) < 4.78 is 16.3. The number of benzene rings is 1. The van der Waals surface area contributed by atoms with Crippen molar-refractivity contribution in [2.75, 3.05) is 26.3 Å². The van der Waals surface area contributed by atoms with Gasteiger partial charge in [-0.05, 0) is 31.0 Å². The summed E-state index contributed by atoms with van der Waals surface area (Å²) in [5.74, 6) is -0.143. The SMILES string of the molecule is NC(c1cc(Cl)c2c(c1OC(=O)c1ccco1)N=CCC2)N1CCOCC1. The van der Waals surface area contributed by atoms with Crippen molar-refractivity contribution in [1.82, 2.24) is 4.90 Å². The van der Waals surface area contributed by atoms with E-state index in [-0.39, 0.29) is 5.76 Å². The van der Waals surface area contributed by atoms with Crippen LogP contribution in [0.15, 0.2) is 33.9 Å². The topological polar surface area (TPSA) is 90.3 Å². The number of esters is 1. The first-order chi connectivity index (χ1) is 13.1. The number of halogens is 1. The van der Waals surface area contributed by atoms with Crippen molar-refractivity contribution in [3.05, 3.63) is 46.4 Å². The van der Waals surface area contributed by atoms with E-state index in [4.69, 9.17) is 31.2 Å². The predicted molar refractivity (Wildman–Crippen MR) is 101 cm³/mol. The van der Waals surface area contributed by atoms with E-state index < -0.39 is 12.1 Å². The number of aliphatic imine (C=N–C) groups is 1. The molecule has 1 unspecified atom stereocenters. The number of fused-ring (bicyclic) bond motifs is 1. The number of furan rings is 1. The molecule has 0 radical (unpaired) electrons. The fourth-order valence-electron chi connectivity index (χ4n) is 3.33. The maximum Gasteiger partial charge on any atom is 0.379 e. The maximum absolute atomic E-state index is 12.5. The molecule has 2 aliphatic heterocycles. The molecule has 1 saturated heterocycles. The monoisotopic (exact) mass is 389 g/mol. The van der Waals surface area contributed by atoms with E-state index in [0.29, 0.717) is 48.3 Å². The zero-order chi connectivity index (χ0) is 18.8. The summed E-state index contributed by atoms with van der Waals surface area (Å²) in [6, 6.07) is 4.97. The third-order valence-electron chi connectivity index (χ3n) is 4.75. The number of rotatable bonds is 4. The van der Waals surface area contributed by atoms with Gasteiger partial charge in [-0.2, -0.15) is 0 Å². The Morgan fingerprint density at radius 2 is 2.19 bits per heavy atom. The zero-order valence-corrected chi connectivity index (χ0v) is 15.4. The fraction of sp³-hybridized carbons (Fsp3) is 0.368. The Kier molecular flexibility index (Phi) is 5.27. The van der Waals surface area contributed by atoms with Crippen molar-refractivity contribution in [2.45, 2.75) is 19.0 Å². The highest BCUT2D eigenvalue weighted by Crippen LogP contribution is 2.44. The quantitative estimate of drug-likeness (QED) is 0.638. The standard InChI is InChI=1S/C19H20ClN3O4/c20-14-11-13(18(21)23-6-9-25-10-7-23)17(16-12(14)3-1-5-22-16)27-19(24)15-4-2-8-26-15/h2,4-5,8,11,18H,1,3,6-7,9-10,21H2. The normalized spacial score (nSPS) is 18.1. The maximum atomic E-state index is 12.5. The van der Waals surface area contributed by atoms with Crippen molar-refractivity contribution in [1.29, 1.82) is 0 Å². The molecule has 3 heterocycles. The summed E-state index contributed by atoms with van der Waals surface area (Å²) in [6.07, 6.45) is 4.25. The minimum absolute atomic E-state index is 0.115. The van der Waals surface area contributed by atoms with Gasteiger partial charge in [0.15, 0.2) is 5.75 Å². The lowest BCUT2D eigenvalue weighted by Gasteiger charge is -2.33. The molecule has 8 heteroatoms. The van der Waals surface area contributed by atoms with Crippen LogP contribution in [0.2, 0.25) is 5.02 Å². The van der Waals surface area contributed by atoms with E-state index in [1.807, 2.05) is 0 Å². The third-order valence-corrected chi connectivity index (χ3v) is 5.09. The Balaban J connectivity index is 1.76. The van der Waals surface area contributed by atoms with Crippen molar-refractivity contribution in [2.24, 2.45) is 10.7 Å². The van der Waals surface area contributed by atoms with Crippen molar-refractivity contribution in [3.8, 4) is 5.75 Å². The molecule has 1 aromatic carbocycles. The van der Waals surface area contributed by atoms with Crippen molar-refractivity contribution in [3.63, 3.8) is 0 Å². The lowest BCUT2D eigenvalue weighted by molar-refractivity contribution is 0.0167. The van der Waals surface area contributed by atoms with Gasteiger partial charge in [0, 0.05) is 35.5 Å². The number of hydrogen-bond acceptors (Lipinski definition) is 7. The van der Waals surface area contributed by atoms with Crippen LogP contribution >= 0.6 is 11.6 Å². The summed E-state index contributed by atoms with van der Waals surface area (Å²) >= 11 is 6.51. The Bertz CT molecular complexity index is 860. The molecule has 0 amide bonds. The van der Waals surface area contributed by atoms with Crippen LogP contribution in [0.1, 0.15) is 34.3 Å². The second-order valence-corrected chi connectivity index (χ2v) is 6.82. The average molecular weight is 390 g/mol. The number of ether oxygens (including phenoxy) is 2. The molecule has 2 N–H and O–H groups in total. The van der Waals surface area contributed by atoms with Gasteiger partial charge < -0.3 is 19.6 Å². The van der Waals surface area contributed by atoms with Gasteiger partial charge in [0.1, 0.15) is 5.69 Å². The second-order valence-electron chi connectivity index (χ2n) is 6.41. The van der Waals surface area contributed by atoms with Crippen LogP contribution in [0.3, 0.4) is 0 Å². The number of nitrogens with two attached hydrogens (primary N) is 1. The molecule has 0 aliphatic carbocycles. The molecule has 1 aromatic heterocycles. The molecule has 142 valence electrons. The predicted octanol–water partition coefficient (Wildman–Crippen LogP) is 3.09. The van der Waals surface area contributed by atoms with Crippen LogP contribution in [-0.4, -0.2) is 43.4 Å². The highest BCUT2D eigenvalue weighted by atomic mass is 35.5. The van der Waals surface area contributed by atoms with Gasteiger partial charge in [0.05, 0.1) is 25.6 Å². The van der Waals surface area contributed by atoms with E-state index in [0.717, 1.165) is 18.4 Å². The van der Waals surface area contributed by atoms with Gasteiger partial charge >= 0.3 is 5.97 Å². The van der Waals surface area contributed by atoms with Crippen molar-refractivity contribution < 1.29 is 18.7 Å². The van der Waals surface area contributed by atoms with Crippen LogP contribution in [0.4, 0.5) is 5.69 Å². The molecule has 1 fully saturated rings. The zero-order valence-electron chi connectivity index (χ0n) is 14.7. The molecule has 0 saturated carbocycles. The van der Waals surface area contributed by atoms with Crippen LogP contribution in [0.25, 0.3) is 0 Å². The van der Waals surface area contributed by atoms with Crippen LogP contribution in [-0.2, 0) is 11.2 Å². The molecular formula is C19H20ClN3O4. The summed E-state index contributed by atoms with van der Waals surface area (Å²) in [6.45, 7) is 2.58. The number of carbonyl (C=O) groups excluding carboxylic acids is 1. The van der Waals surface area contributed by atoms with Gasteiger partial charge in [0.25, 0.3) is 0 Å². The number of nitrogens with zero attached hydrogens (tertiary/aromatic N) is 2. The molecule has 7 nitrogen and oxygen atoms in total. The number of hydrogen-bond donors (Lipinski definition) is 1. The Morgan fingerprint density at radius 1 is 1.37 bits per heavy atom. The Morgan fingerprint density at radius 3 is 2.93 bits per heavy atom. The first kappa shape index (κ1) is 18.2. The largest absolute Gasteiger partial charge is 0.457 e. The molecule has 0 bridgehead atoms. The molecule has 0 spiro atoms. The molecule has 2 aliphatic rings. The van der Waals surface area contributed by atoms with E-state index in [9.17, 15) is 4.79 Å². The summed E-state index contributed by atoms with van der Waals surface area (Å²) in [5.41, 5.74) is 8.56. The van der Waals surface area contributed by atoms with E-state index >= 15 is 0 Å². The lowest BCUT2D eigenvalue weighted by atomic mass is 9.99. The minimum Gasteiger partial charge on any atom is -0.457 e. The van der Waals surface area contributed by atoms with E-state index in [2.05, 4.69) is 9.89 Å². The van der Waals surface area contributed by atoms with Crippen LogP contribution < -0.4 is 10.5 Å².